The average Bonchev–Trinajstić information content (AvgIpc) is 1.58. The number of fused-ring (bicyclic) bond motifs is 6. The van der Waals surface area contributed by atoms with Crippen LogP contribution < -0.4 is 0 Å². The van der Waals surface area contributed by atoms with Gasteiger partial charge in [0, 0.05) is 49.4 Å². The van der Waals surface area contributed by atoms with E-state index >= 15 is 0 Å². The first-order valence-corrected chi connectivity index (χ1v) is 32.4. The quantitative estimate of drug-likeness (QED) is 0.114. The zero-order valence-corrected chi connectivity index (χ0v) is 52.8. The van der Waals surface area contributed by atoms with Crippen LogP contribution in [0.5, 0.6) is 0 Å². The summed E-state index contributed by atoms with van der Waals surface area (Å²) in [6.07, 6.45) is 0. The molecule has 3 aromatic heterocycles. The normalized spacial score (nSPS) is 11.2. The highest BCUT2D eigenvalue weighted by molar-refractivity contribution is 6.14. The first kappa shape index (κ1) is 58.0. The fourth-order valence-electron chi connectivity index (χ4n) is 14.0. The molecule has 0 N–H and O–H groups in total. The first-order valence-electron chi connectivity index (χ1n) is 32.4. The van der Waals surface area contributed by atoms with E-state index in [1.165, 1.54) is 0 Å². The molecule has 8 nitrogen and oxygen atoms in total. The smallest absolute Gasteiger partial charge is 0.194 e. The zero-order chi connectivity index (χ0) is 65.6. The van der Waals surface area contributed by atoms with E-state index in [1.807, 2.05) is 121 Å². The Balaban J connectivity index is 0.904. The van der Waals surface area contributed by atoms with E-state index in [4.69, 9.17) is 28.1 Å². The van der Waals surface area contributed by atoms with Gasteiger partial charge in [-0.2, -0.15) is 5.26 Å². The molecule has 17 rings (SSSR count). The van der Waals surface area contributed by atoms with Gasteiger partial charge in [0.2, 0.25) is 0 Å². The topological polar surface area (TPSA) is 81.0 Å². The third-order valence-corrected chi connectivity index (χ3v) is 18.7. The SMILES string of the molecule is [C-]#[N+]c1cccc(-c2ccccc2-c2nc(-c3ccc(-n4c5ccc(-c6ccccc6)cc5c5cc(-c6ccccc6)ccc54)c(-c4ccccc4C#N)c3)nc(-c3ccc(-n4c5ccc(-c6ccccc6)cc5c5cc(-c6ccccc6)ccc54)c(-c4ccccc4[N+]#[C-])c3)n2)c1. The number of nitrogens with zero attached hydrogens (tertiary/aromatic N) is 8. The number of hydrogen-bond acceptors (Lipinski definition) is 4. The molecule has 0 aliphatic carbocycles. The first-order chi connectivity index (χ1) is 48.4. The Hall–Kier alpha value is -13.8. The van der Waals surface area contributed by atoms with Crippen molar-refractivity contribution < 1.29 is 0 Å². The third kappa shape index (κ3) is 10.3. The largest absolute Gasteiger partial charge is 0.309 e. The van der Waals surface area contributed by atoms with Crippen LogP contribution in [0.15, 0.2) is 328 Å². The third-order valence-electron chi connectivity index (χ3n) is 18.7. The molecule has 0 aliphatic heterocycles. The highest BCUT2D eigenvalue weighted by atomic mass is 15.0. The van der Waals surface area contributed by atoms with Gasteiger partial charge in [0.05, 0.1) is 58.2 Å². The summed E-state index contributed by atoms with van der Waals surface area (Å²) < 4.78 is 4.65. The molecule has 0 saturated carbocycles. The lowest BCUT2D eigenvalue weighted by atomic mass is 9.96. The number of benzene rings is 14. The highest BCUT2D eigenvalue weighted by Gasteiger charge is 2.25. The van der Waals surface area contributed by atoms with Crippen LogP contribution in [0.4, 0.5) is 11.4 Å². The van der Waals surface area contributed by atoms with Crippen molar-refractivity contribution in [2.24, 2.45) is 0 Å². The highest BCUT2D eigenvalue weighted by Crippen LogP contribution is 2.46. The Morgan fingerprint density at radius 1 is 0.265 bits per heavy atom. The molecular formula is C90H54N8. The van der Waals surface area contributed by atoms with Crippen molar-refractivity contribution in [3.05, 3.63) is 356 Å². The maximum Gasteiger partial charge on any atom is 0.194 e. The molecule has 0 saturated heterocycles. The standard InChI is InChI=1S/C90H54N8/c1-92-70-32-21-31-66(50-70)71-33-17-18-36-74(71)90-95-88(67-42-48-82(75(55-67)72-34-16-15-30-69(72)57-91)97-84-44-38-62(58-22-7-3-8-23-58)51-77(84)78-52-63(39-45-85(78)97)59-24-9-4-10-25-59)94-89(96-90)68-43-49-83(76(56-68)73-35-19-20-37-81(73)93-2)98-86-46-40-64(60-26-11-5-12-27-60)53-79(86)80-54-65(41-47-87(80)98)61-28-13-6-14-29-61/h3-56H. The van der Waals surface area contributed by atoms with Crippen LogP contribution in [0.2, 0.25) is 0 Å². The predicted molar refractivity (Wildman–Crippen MR) is 400 cm³/mol. The van der Waals surface area contributed by atoms with Crippen LogP contribution in [-0.4, -0.2) is 24.1 Å². The van der Waals surface area contributed by atoms with Crippen molar-refractivity contribution in [2.45, 2.75) is 0 Å². The van der Waals surface area contributed by atoms with Gasteiger partial charge in [0.15, 0.2) is 28.8 Å². The molecule has 454 valence electrons. The molecule has 0 aliphatic rings. The van der Waals surface area contributed by atoms with E-state index < -0.39 is 0 Å². The molecule has 0 spiro atoms. The van der Waals surface area contributed by atoms with Gasteiger partial charge in [0.1, 0.15) is 0 Å². The van der Waals surface area contributed by atoms with Gasteiger partial charge in [-0.05, 0) is 164 Å². The summed E-state index contributed by atoms with van der Waals surface area (Å²) in [6, 6.07) is 115. The van der Waals surface area contributed by atoms with E-state index in [-0.39, 0.29) is 0 Å². The van der Waals surface area contributed by atoms with Crippen LogP contribution >= 0.6 is 0 Å². The molecule has 98 heavy (non-hydrogen) atoms. The Morgan fingerprint density at radius 3 is 1.07 bits per heavy atom. The molecule has 0 unspecified atom stereocenters. The minimum Gasteiger partial charge on any atom is -0.309 e. The molecule has 0 atom stereocenters. The molecule has 0 fully saturated rings. The van der Waals surface area contributed by atoms with E-state index in [0.29, 0.717) is 45.5 Å². The van der Waals surface area contributed by atoms with Gasteiger partial charge in [-0.3, -0.25) is 0 Å². The minimum atomic E-state index is 0.400. The average molecular weight is 1250 g/mol. The molecule has 0 amide bonds. The number of hydrogen-bond donors (Lipinski definition) is 0. The summed E-state index contributed by atoms with van der Waals surface area (Å²) >= 11 is 0. The monoisotopic (exact) mass is 1250 g/mol. The van der Waals surface area contributed by atoms with Crippen molar-refractivity contribution >= 4 is 55.0 Å². The lowest BCUT2D eigenvalue weighted by molar-refractivity contribution is 1.07. The van der Waals surface area contributed by atoms with Crippen molar-refractivity contribution in [3.63, 3.8) is 0 Å². The van der Waals surface area contributed by atoms with E-state index in [9.17, 15) is 5.26 Å². The fourth-order valence-corrected chi connectivity index (χ4v) is 14.0. The second-order valence-corrected chi connectivity index (χ2v) is 24.3. The zero-order valence-electron chi connectivity index (χ0n) is 52.8. The van der Waals surface area contributed by atoms with Crippen molar-refractivity contribution in [1.29, 1.82) is 5.26 Å². The Morgan fingerprint density at radius 2 is 0.633 bits per heavy atom. The minimum absolute atomic E-state index is 0.400. The van der Waals surface area contributed by atoms with E-state index in [1.54, 1.807) is 0 Å². The van der Waals surface area contributed by atoms with Gasteiger partial charge < -0.3 is 9.13 Å². The van der Waals surface area contributed by atoms with Crippen LogP contribution in [0, 0.1) is 24.5 Å². The van der Waals surface area contributed by atoms with Crippen molar-refractivity contribution in [2.75, 3.05) is 0 Å². The summed E-state index contributed by atoms with van der Waals surface area (Å²) in [5, 5.41) is 15.4. The maximum atomic E-state index is 11.0. The summed E-state index contributed by atoms with van der Waals surface area (Å²) in [5.74, 6) is 1.22. The second kappa shape index (κ2) is 24.6. The van der Waals surface area contributed by atoms with Gasteiger partial charge >= 0.3 is 0 Å². The van der Waals surface area contributed by atoms with E-state index in [2.05, 4.69) is 231 Å². The van der Waals surface area contributed by atoms with Crippen molar-refractivity contribution in [3.8, 4) is 129 Å². The molecule has 8 heteroatoms. The van der Waals surface area contributed by atoms with Crippen LogP contribution in [-0.2, 0) is 0 Å². The number of para-hydroxylation sites is 1. The Labute approximate surface area is 566 Å². The lowest BCUT2D eigenvalue weighted by Crippen LogP contribution is -2.04. The summed E-state index contributed by atoms with van der Waals surface area (Å²) in [7, 11) is 0. The van der Waals surface area contributed by atoms with Crippen LogP contribution in [0.1, 0.15) is 5.56 Å². The van der Waals surface area contributed by atoms with Gasteiger partial charge in [-0.15, -0.1) is 0 Å². The predicted octanol–water partition coefficient (Wildman–Crippen LogP) is 23.7. The van der Waals surface area contributed by atoms with Crippen LogP contribution in [0.25, 0.3) is 177 Å². The Bertz CT molecular complexity index is 5630. The van der Waals surface area contributed by atoms with Gasteiger partial charge in [-0.1, -0.05) is 231 Å². The molecular weight excluding hydrogens is 1190 g/mol. The molecule has 3 heterocycles. The van der Waals surface area contributed by atoms with E-state index in [0.717, 1.165) is 138 Å². The molecule has 17 aromatic rings. The number of rotatable bonds is 12. The maximum absolute atomic E-state index is 11.0. The Kier molecular flexibility index (Phi) is 14.5. The van der Waals surface area contributed by atoms with Crippen molar-refractivity contribution in [1.82, 2.24) is 24.1 Å². The number of aromatic nitrogens is 5. The lowest BCUT2D eigenvalue weighted by Gasteiger charge is -2.18. The number of nitriles is 1. The molecule has 14 aromatic carbocycles. The van der Waals surface area contributed by atoms with Crippen LogP contribution in [0.3, 0.4) is 0 Å². The second-order valence-electron chi connectivity index (χ2n) is 24.3. The van der Waals surface area contributed by atoms with Gasteiger partial charge in [0.25, 0.3) is 0 Å². The summed E-state index contributed by atoms with van der Waals surface area (Å²) in [6.45, 7) is 16.6. The summed E-state index contributed by atoms with van der Waals surface area (Å²) in [4.78, 5) is 24.4. The molecule has 0 bridgehead atoms. The summed E-state index contributed by atoms with van der Waals surface area (Å²) in [5.41, 5.74) is 23.2. The van der Waals surface area contributed by atoms with Gasteiger partial charge in [-0.25, -0.2) is 24.6 Å². The molecule has 0 radical (unpaired) electrons. The fraction of sp³-hybridized carbons (Fsp3) is 0.